The average Bonchev–Trinajstić information content (AvgIpc) is 2.43. The van der Waals surface area contributed by atoms with E-state index in [1.165, 1.54) is 0 Å². The van der Waals surface area contributed by atoms with Gasteiger partial charge in [0.15, 0.2) is 5.16 Å². The highest BCUT2D eigenvalue weighted by Gasteiger charge is 2.05. The van der Waals surface area contributed by atoms with Crippen molar-refractivity contribution in [3.05, 3.63) is 58.9 Å². The first-order chi connectivity index (χ1) is 10.1. The van der Waals surface area contributed by atoms with Gasteiger partial charge in [-0.2, -0.15) is 0 Å². The monoisotopic (exact) mass is 320 g/mol. The van der Waals surface area contributed by atoms with E-state index in [-0.39, 0.29) is 0 Å². The molecule has 2 rings (SSSR count). The zero-order valence-electron chi connectivity index (χ0n) is 12.1. The van der Waals surface area contributed by atoms with Gasteiger partial charge in [0.2, 0.25) is 0 Å². The molecule has 1 aromatic carbocycles. The third-order valence-corrected chi connectivity index (χ3v) is 3.90. The highest BCUT2D eigenvalue weighted by atomic mass is 35.5. The third-order valence-electron chi connectivity index (χ3n) is 2.68. The fourth-order valence-corrected chi connectivity index (χ4v) is 2.96. The third kappa shape index (κ3) is 4.76. The van der Waals surface area contributed by atoms with Crippen LogP contribution in [0.2, 0.25) is 5.02 Å². The fraction of sp³-hybridized carbons (Fsp3) is 0.250. The Morgan fingerprint density at radius 2 is 1.95 bits per heavy atom. The normalized spacial score (nSPS) is 10.4. The van der Waals surface area contributed by atoms with Crippen LogP contribution in [0, 0.1) is 13.8 Å². The van der Waals surface area contributed by atoms with Crippen LogP contribution in [0.4, 0.5) is 0 Å². The topological polar surface area (TPSA) is 35.0 Å². The van der Waals surface area contributed by atoms with Crippen LogP contribution in [0.25, 0.3) is 0 Å². The molecule has 110 valence electrons. The van der Waals surface area contributed by atoms with Crippen LogP contribution in [-0.4, -0.2) is 16.6 Å². The molecule has 0 atom stereocenters. The van der Waals surface area contributed by atoms with Crippen LogP contribution >= 0.6 is 23.4 Å². The second-order valence-corrected chi connectivity index (χ2v) is 5.94. The minimum absolute atomic E-state index is 0.449. The van der Waals surface area contributed by atoms with E-state index in [1.807, 2.05) is 38.1 Å². The summed E-state index contributed by atoms with van der Waals surface area (Å²) in [6.07, 6.45) is 1.69. The Hall–Kier alpha value is -1.52. The Kier molecular flexibility index (Phi) is 5.65. The highest BCUT2D eigenvalue weighted by molar-refractivity contribution is 7.98. The van der Waals surface area contributed by atoms with Crippen LogP contribution in [0.5, 0.6) is 5.75 Å². The Morgan fingerprint density at radius 1 is 1.24 bits per heavy atom. The zero-order chi connectivity index (χ0) is 15.2. The first-order valence-electron chi connectivity index (χ1n) is 6.55. The van der Waals surface area contributed by atoms with Crippen LogP contribution in [-0.2, 0) is 5.75 Å². The Labute approximate surface area is 134 Å². The predicted molar refractivity (Wildman–Crippen MR) is 88.2 cm³/mol. The van der Waals surface area contributed by atoms with Crippen molar-refractivity contribution in [3.63, 3.8) is 0 Å². The summed E-state index contributed by atoms with van der Waals surface area (Å²) in [5.74, 6) is 1.44. The van der Waals surface area contributed by atoms with Crippen molar-refractivity contribution in [2.75, 3.05) is 6.61 Å². The summed E-state index contributed by atoms with van der Waals surface area (Å²) in [7, 11) is 0. The number of benzene rings is 1. The number of ether oxygens (including phenoxy) is 1. The minimum Gasteiger partial charge on any atom is -0.488 e. The van der Waals surface area contributed by atoms with Gasteiger partial charge in [-0.1, -0.05) is 42.1 Å². The maximum absolute atomic E-state index is 6.20. The SMILES string of the molecule is C=CCOc1ccc(CSc2nc(C)cc(C)n2)cc1Cl. The van der Waals surface area contributed by atoms with E-state index < -0.39 is 0 Å². The fourth-order valence-electron chi connectivity index (χ4n) is 1.81. The van der Waals surface area contributed by atoms with E-state index in [1.54, 1.807) is 17.8 Å². The zero-order valence-corrected chi connectivity index (χ0v) is 13.7. The number of hydrogen-bond acceptors (Lipinski definition) is 4. The molecular weight excluding hydrogens is 304 g/mol. The van der Waals surface area contributed by atoms with Gasteiger partial charge >= 0.3 is 0 Å². The van der Waals surface area contributed by atoms with Crippen molar-refractivity contribution in [2.45, 2.75) is 24.8 Å². The van der Waals surface area contributed by atoms with Gasteiger partial charge in [-0.15, -0.1) is 0 Å². The van der Waals surface area contributed by atoms with Gasteiger partial charge in [0, 0.05) is 17.1 Å². The van der Waals surface area contributed by atoms with E-state index in [4.69, 9.17) is 16.3 Å². The molecule has 0 aliphatic rings. The van der Waals surface area contributed by atoms with Gasteiger partial charge in [-0.05, 0) is 37.6 Å². The second kappa shape index (κ2) is 7.48. The standard InChI is InChI=1S/C16H17ClN2OS/c1-4-7-20-15-6-5-13(9-14(15)17)10-21-16-18-11(2)8-12(3)19-16/h4-6,8-9H,1,7,10H2,2-3H3. The van der Waals surface area contributed by atoms with Crippen LogP contribution < -0.4 is 4.74 Å². The van der Waals surface area contributed by atoms with Gasteiger partial charge in [-0.25, -0.2) is 9.97 Å². The molecule has 0 aliphatic carbocycles. The van der Waals surface area contributed by atoms with Crippen LogP contribution in [0.3, 0.4) is 0 Å². The van der Waals surface area contributed by atoms with Crippen molar-refractivity contribution < 1.29 is 4.74 Å². The molecular formula is C16H17ClN2OS. The molecule has 21 heavy (non-hydrogen) atoms. The summed E-state index contributed by atoms with van der Waals surface area (Å²) in [5, 5.41) is 1.40. The number of aromatic nitrogens is 2. The van der Waals surface area contributed by atoms with Crippen molar-refractivity contribution in [3.8, 4) is 5.75 Å². The van der Waals surface area contributed by atoms with Crippen molar-refractivity contribution in [2.24, 2.45) is 0 Å². The summed E-state index contributed by atoms with van der Waals surface area (Å²) in [4.78, 5) is 8.83. The number of halogens is 1. The lowest BCUT2D eigenvalue weighted by atomic mass is 10.2. The van der Waals surface area contributed by atoms with Gasteiger partial charge in [0.05, 0.1) is 5.02 Å². The van der Waals surface area contributed by atoms with E-state index in [0.29, 0.717) is 17.4 Å². The molecule has 0 bridgehead atoms. The molecule has 0 unspecified atom stereocenters. The number of aryl methyl sites for hydroxylation is 2. The summed E-state index contributed by atoms with van der Waals surface area (Å²) in [5.41, 5.74) is 3.08. The molecule has 0 fully saturated rings. The van der Waals surface area contributed by atoms with Gasteiger partial charge in [-0.3, -0.25) is 0 Å². The second-order valence-electron chi connectivity index (χ2n) is 4.59. The minimum atomic E-state index is 0.449. The highest BCUT2D eigenvalue weighted by Crippen LogP contribution is 2.28. The lowest BCUT2D eigenvalue weighted by Gasteiger charge is -2.08. The van der Waals surface area contributed by atoms with E-state index in [0.717, 1.165) is 27.9 Å². The van der Waals surface area contributed by atoms with Crippen molar-refractivity contribution in [1.82, 2.24) is 9.97 Å². The number of rotatable bonds is 6. The molecule has 0 spiro atoms. The molecule has 0 amide bonds. The molecule has 3 nitrogen and oxygen atoms in total. The van der Waals surface area contributed by atoms with E-state index >= 15 is 0 Å². The maximum atomic E-state index is 6.20. The average molecular weight is 321 g/mol. The smallest absolute Gasteiger partial charge is 0.188 e. The number of nitrogens with zero attached hydrogens (tertiary/aromatic N) is 2. The summed E-state index contributed by atoms with van der Waals surface area (Å²) in [6.45, 7) is 8.01. The number of thioether (sulfide) groups is 1. The Balaban J connectivity index is 2.03. The van der Waals surface area contributed by atoms with E-state index in [9.17, 15) is 0 Å². The summed E-state index contributed by atoms with van der Waals surface area (Å²) >= 11 is 7.79. The van der Waals surface area contributed by atoms with Crippen molar-refractivity contribution in [1.29, 1.82) is 0 Å². The predicted octanol–water partition coefficient (Wildman–Crippen LogP) is 4.60. The largest absolute Gasteiger partial charge is 0.488 e. The molecule has 0 aliphatic heterocycles. The molecule has 1 heterocycles. The molecule has 1 aromatic heterocycles. The van der Waals surface area contributed by atoms with Gasteiger partial charge in [0.1, 0.15) is 12.4 Å². The molecule has 0 saturated heterocycles. The lowest BCUT2D eigenvalue weighted by molar-refractivity contribution is 0.363. The molecule has 0 N–H and O–H groups in total. The first kappa shape index (κ1) is 15.9. The van der Waals surface area contributed by atoms with Crippen LogP contribution in [0.1, 0.15) is 17.0 Å². The lowest BCUT2D eigenvalue weighted by Crippen LogP contribution is -1.95. The maximum Gasteiger partial charge on any atom is 0.188 e. The quantitative estimate of drug-likeness (QED) is 0.442. The molecule has 5 heteroatoms. The molecule has 0 saturated carbocycles. The molecule has 0 radical (unpaired) electrons. The summed E-state index contributed by atoms with van der Waals surface area (Å²) in [6, 6.07) is 7.76. The van der Waals surface area contributed by atoms with Crippen LogP contribution in [0.15, 0.2) is 42.1 Å². The van der Waals surface area contributed by atoms with Crippen molar-refractivity contribution >= 4 is 23.4 Å². The Morgan fingerprint density at radius 3 is 2.57 bits per heavy atom. The van der Waals surface area contributed by atoms with E-state index in [2.05, 4.69) is 16.5 Å². The molecule has 2 aromatic rings. The van der Waals surface area contributed by atoms with Gasteiger partial charge in [0.25, 0.3) is 0 Å². The summed E-state index contributed by atoms with van der Waals surface area (Å²) < 4.78 is 5.45. The Bertz CT molecular complexity index is 626. The number of hydrogen-bond donors (Lipinski definition) is 0. The first-order valence-corrected chi connectivity index (χ1v) is 7.92. The van der Waals surface area contributed by atoms with Gasteiger partial charge < -0.3 is 4.74 Å².